The highest BCUT2D eigenvalue weighted by Crippen LogP contribution is 2.37. The van der Waals surface area contributed by atoms with E-state index in [-0.39, 0.29) is 5.41 Å². The van der Waals surface area contributed by atoms with E-state index in [1.807, 2.05) is 0 Å². The Morgan fingerprint density at radius 3 is 1.93 bits per heavy atom. The Hall–Kier alpha value is -1.32. The van der Waals surface area contributed by atoms with Gasteiger partial charge in [-0.25, -0.2) is 9.97 Å². The fraction of sp³-hybridized carbons (Fsp3) is 0.636. The predicted molar refractivity (Wildman–Crippen MR) is 58.5 cm³/mol. The fourth-order valence-electron chi connectivity index (χ4n) is 1.42. The van der Waals surface area contributed by atoms with Crippen molar-refractivity contribution in [2.45, 2.75) is 32.6 Å². The largest absolute Gasteiger partial charge is 0.481 e. The van der Waals surface area contributed by atoms with Gasteiger partial charge in [0.2, 0.25) is 11.8 Å². The van der Waals surface area contributed by atoms with Crippen molar-refractivity contribution in [2.24, 2.45) is 0 Å². The van der Waals surface area contributed by atoms with Crippen molar-refractivity contribution in [3.8, 4) is 11.8 Å². The third kappa shape index (κ3) is 2.19. The number of aromatic nitrogens is 2. The molecule has 4 heteroatoms. The van der Waals surface area contributed by atoms with Crippen LogP contribution in [0.2, 0.25) is 0 Å². The van der Waals surface area contributed by atoms with E-state index in [0.717, 1.165) is 12.0 Å². The van der Waals surface area contributed by atoms with Gasteiger partial charge in [-0.15, -0.1) is 0 Å². The molecule has 1 aromatic heterocycles. The average molecular weight is 210 g/mol. The minimum Gasteiger partial charge on any atom is -0.481 e. The van der Waals surface area contributed by atoms with E-state index in [0.29, 0.717) is 11.8 Å². The molecule has 0 aliphatic carbocycles. The van der Waals surface area contributed by atoms with Crippen LogP contribution in [0, 0.1) is 0 Å². The molecule has 0 bridgehead atoms. The molecule has 1 rings (SSSR count). The fourth-order valence-corrected chi connectivity index (χ4v) is 1.42. The van der Waals surface area contributed by atoms with Crippen molar-refractivity contribution in [3.63, 3.8) is 0 Å². The molecular weight excluding hydrogens is 192 g/mol. The minimum atomic E-state index is -0.0576. The van der Waals surface area contributed by atoms with Crippen LogP contribution in [0.1, 0.15) is 32.8 Å². The molecule has 15 heavy (non-hydrogen) atoms. The number of ether oxygens (including phenoxy) is 2. The molecule has 0 aromatic carbocycles. The zero-order valence-corrected chi connectivity index (χ0v) is 10.00. The molecule has 0 aliphatic heterocycles. The first kappa shape index (κ1) is 11.8. The van der Waals surface area contributed by atoms with Crippen LogP contribution in [0.4, 0.5) is 0 Å². The van der Waals surface area contributed by atoms with Crippen molar-refractivity contribution in [2.75, 3.05) is 14.2 Å². The molecule has 0 N–H and O–H groups in total. The summed E-state index contributed by atoms with van der Waals surface area (Å²) in [5, 5.41) is 0. The summed E-state index contributed by atoms with van der Waals surface area (Å²) in [5.41, 5.74) is 0.871. The summed E-state index contributed by atoms with van der Waals surface area (Å²) in [4.78, 5) is 8.21. The van der Waals surface area contributed by atoms with Crippen molar-refractivity contribution in [1.82, 2.24) is 9.97 Å². The van der Waals surface area contributed by atoms with E-state index in [4.69, 9.17) is 9.47 Å². The molecule has 0 fully saturated rings. The summed E-state index contributed by atoms with van der Waals surface area (Å²) in [6.07, 6.45) is 2.42. The van der Waals surface area contributed by atoms with Crippen LogP contribution in [0.3, 0.4) is 0 Å². The molecular formula is C11H18N2O2. The van der Waals surface area contributed by atoms with E-state index < -0.39 is 0 Å². The number of hydrogen-bond acceptors (Lipinski definition) is 4. The molecule has 0 saturated heterocycles. The third-order valence-electron chi connectivity index (χ3n) is 2.73. The van der Waals surface area contributed by atoms with E-state index in [9.17, 15) is 0 Å². The standard InChI is InChI=1S/C11H18N2O2/c1-6-11(2,3)8-9(14-4)12-7-13-10(8)15-5/h7H,6H2,1-5H3. The lowest BCUT2D eigenvalue weighted by Crippen LogP contribution is -2.19. The minimum absolute atomic E-state index is 0.0576. The number of hydrogen-bond donors (Lipinski definition) is 0. The van der Waals surface area contributed by atoms with E-state index >= 15 is 0 Å². The Morgan fingerprint density at radius 2 is 1.60 bits per heavy atom. The molecule has 0 amide bonds. The van der Waals surface area contributed by atoms with Gasteiger partial charge in [-0.3, -0.25) is 0 Å². The van der Waals surface area contributed by atoms with Gasteiger partial charge in [-0.1, -0.05) is 20.8 Å². The van der Waals surface area contributed by atoms with Gasteiger partial charge in [0.05, 0.1) is 19.8 Å². The van der Waals surface area contributed by atoms with Gasteiger partial charge >= 0.3 is 0 Å². The Morgan fingerprint density at radius 1 is 1.13 bits per heavy atom. The predicted octanol–water partition coefficient (Wildman–Crippen LogP) is 2.18. The molecule has 0 atom stereocenters. The van der Waals surface area contributed by atoms with Crippen LogP contribution < -0.4 is 9.47 Å². The second-order valence-electron chi connectivity index (χ2n) is 4.00. The molecule has 1 heterocycles. The van der Waals surface area contributed by atoms with Crippen molar-refractivity contribution in [1.29, 1.82) is 0 Å². The second-order valence-corrected chi connectivity index (χ2v) is 4.00. The van der Waals surface area contributed by atoms with Crippen LogP contribution in [0.5, 0.6) is 11.8 Å². The van der Waals surface area contributed by atoms with Crippen LogP contribution in [-0.4, -0.2) is 24.2 Å². The monoisotopic (exact) mass is 210 g/mol. The van der Waals surface area contributed by atoms with E-state index in [2.05, 4.69) is 30.7 Å². The average Bonchev–Trinajstić information content (AvgIpc) is 2.27. The van der Waals surface area contributed by atoms with Crippen LogP contribution in [-0.2, 0) is 5.41 Å². The first-order chi connectivity index (χ1) is 7.06. The summed E-state index contributed by atoms with van der Waals surface area (Å²) in [7, 11) is 3.22. The highest BCUT2D eigenvalue weighted by atomic mass is 16.5. The lowest BCUT2D eigenvalue weighted by atomic mass is 9.83. The molecule has 1 aromatic rings. The molecule has 0 unspecified atom stereocenters. The van der Waals surface area contributed by atoms with Gasteiger partial charge < -0.3 is 9.47 Å². The quantitative estimate of drug-likeness (QED) is 0.764. The van der Waals surface area contributed by atoms with Gasteiger partial charge in [-0.2, -0.15) is 0 Å². The second kappa shape index (κ2) is 4.47. The van der Waals surface area contributed by atoms with Crippen molar-refractivity contribution < 1.29 is 9.47 Å². The van der Waals surface area contributed by atoms with E-state index in [1.165, 1.54) is 6.33 Å². The van der Waals surface area contributed by atoms with Gasteiger partial charge in [0, 0.05) is 5.41 Å². The van der Waals surface area contributed by atoms with Crippen LogP contribution in [0.25, 0.3) is 0 Å². The van der Waals surface area contributed by atoms with Crippen LogP contribution in [0.15, 0.2) is 6.33 Å². The van der Waals surface area contributed by atoms with Gasteiger partial charge in [0.25, 0.3) is 0 Å². The number of nitrogens with zero attached hydrogens (tertiary/aromatic N) is 2. The molecule has 84 valence electrons. The third-order valence-corrected chi connectivity index (χ3v) is 2.73. The Balaban J connectivity index is 3.34. The molecule has 4 nitrogen and oxygen atoms in total. The highest BCUT2D eigenvalue weighted by Gasteiger charge is 2.28. The molecule has 0 aliphatic rings. The highest BCUT2D eigenvalue weighted by molar-refractivity contribution is 5.40. The lowest BCUT2D eigenvalue weighted by molar-refractivity contribution is 0.337. The van der Waals surface area contributed by atoms with Crippen molar-refractivity contribution in [3.05, 3.63) is 11.9 Å². The van der Waals surface area contributed by atoms with Crippen molar-refractivity contribution >= 4 is 0 Å². The smallest absolute Gasteiger partial charge is 0.223 e. The Kier molecular flexibility index (Phi) is 3.50. The number of methoxy groups -OCH3 is 2. The first-order valence-electron chi connectivity index (χ1n) is 5.00. The van der Waals surface area contributed by atoms with Crippen LogP contribution >= 0.6 is 0 Å². The van der Waals surface area contributed by atoms with Gasteiger partial charge in [0.15, 0.2) is 0 Å². The lowest BCUT2D eigenvalue weighted by Gasteiger charge is -2.25. The Bertz CT molecular complexity index is 315. The van der Waals surface area contributed by atoms with E-state index in [1.54, 1.807) is 14.2 Å². The van der Waals surface area contributed by atoms with Gasteiger partial charge in [0.1, 0.15) is 6.33 Å². The number of rotatable bonds is 4. The summed E-state index contributed by atoms with van der Waals surface area (Å²) < 4.78 is 10.5. The summed E-state index contributed by atoms with van der Waals surface area (Å²) in [5.74, 6) is 1.18. The zero-order valence-electron chi connectivity index (χ0n) is 10.00. The topological polar surface area (TPSA) is 44.2 Å². The summed E-state index contributed by atoms with van der Waals surface area (Å²) in [6.45, 7) is 6.36. The maximum Gasteiger partial charge on any atom is 0.223 e. The normalized spacial score (nSPS) is 11.3. The van der Waals surface area contributed by atoms with Gasteiger partial charge in [-0.05, 0) is 6.42 Å². The summed E-state index contributed by atoms with van der Waals surface area (Å²) in [6, 6.07) is 0. The maximum atomic E-state index is 5.24. The molecule has 0 saturated carbocycles. The molecule has 0 radical (unpaired) electrons. The SMILES string of the molecule is CCC(C)(C)c1c(OC)ncnc1OC. The summed E-state index contributed by atoms with van der Waals surface area (Å²) >= 11 is 0. The molecule has 0 spiro atoms. The zero-order chi connectivity index (χ0) is 11.5. The maximum absolute atomic E-state index is 5.24. The first-order valence-corrected chi connectivity index (χ1v) is 5.00. The Labute approximate surface area is 90.7 Å².